The van der Waals surface area contributed by atoms with Crippen molar-refractivity contribution in [3.05, 3.63) is 77.2 Å². The highest BCUT2D eigenvalue weighted by molar-refractivity contribution is 5.90. The van der Waals surface area contributed by atoms with Gasteiger partial charge >= 0.3 is 0 Å². The van der Waals surface area contributed by atoms with Crippen molar-refractivity contribution in [2.24, 2.45) is 0 Å². The van der Waals surface area contributed by atoms with Crippen LogP contribution in [0, 0.1) is 0 Å². The summed E-state index contributed by atoms with van der Waals surface area (Å²) in [5.41, 5.74) is 4.10. The molecule has 4 aromatic rings. The standard InChI is InChI=1S/C22H20N4O2/c1-16(27)8-7-15-26-20(28)13-12-18(23-26)21-19-11-5-6-14-25(19)24-22(21)17-9-3-2-4-10-17/h2-6,9-14H,7-8,15H2,1H3. The van der Waals surface area contributed by atoms with Crippen LogP contribution in [-0.4, -0.2) is 25.2 Å². The molecule has 0 aliphatic rings. The van der Waals surface area contributed by atoms with Gasteiger partial charge in [0.15, 0.2) is 0 Å². The van der Waals surface area contributed by atoms with E-state index in [0.29, 0.717) is 25.1 Å². The Kier molecular flexibility index (Phi) is 4.85. The highest BCUT2D eigenvalue weighted by Crippen LogP contribution is 2.33. The van der Waals surface area contributed by atoms with Crippen LogP contribution in [0.4, 0.5) is 0 Å². The van der Waals surface area contributed by atoms with Crippen LogP contribution in [0.3, 0.4) is 0 Å². The van der Waals surface area contributed by atoms with Gasteiger partial charge in [-0.2, -0.15) is 10.2 Å². The van der Waals surface area contributed by atoms with E-state index in [-0.39, 0.29) is 11.3 Å². The Hall–Kier alpha value is -3.54. The first-order valence-corrected chi connectivity index (χ1v) is 9.24. The first-order chi connectivity index (χ1) is 13.6. The van der Waals surface area contributed by atoms with Crippen molar-refractivity contribution in [3.8, 4) is 22.5 Å². The van der Waals surface area contributed by atoms with E-state index < -0.39 is 0 Å². The molecule has 0 aliphatic heterocycles. The van der Waals surface area contributed by atoms with Crippen molar-refractivity contribution < 1.29 is 4.79 Å². The molecule has 0 bridgehead atoms. The van der Waals surface area contributed by atoms with Crippen LogP contribution in [0.1, 0.15) is 19.8 Å². The maximum absolute atomic E-state index is 12.2. The zero-order chi connectivity index (χ0) is 19.5. The molecular formula is C22H20N4O2. The summed E-state index contributed by atoms with van der Waals surface area (Å²) in [5.74, 6) is 0.109. The van der Waals surface area contributed by atoms with Crippen LogP contribution < -0.4 is 5.56 Å². The third kappa shape index (κ3) is 3.49. The average molecular weight is 372 g/mol. The van der Waals surface area contributed by atoms with Gasteiger partial charge in [0, 0.05) is 30.8 Å². The molecule has 0 unspecified atom stereocenters. The van der Waals surface area contributed by atoms with Gasteiger partial charge in [-0.05, 0) is 31.5 Å². The number of Topliss-reactive ketones (excluding diaryl/α,β-unsaturated/α-hetero) is 1. The number of ketones is 1. The number of aryl methyl sites for hydroxylation is 1. The topological polar surface area (TPSA) is 69.3 Å². The van der Waals surface area contributed by atoms with E-state index >= 15 is 0 Å². The van der Waals surface area contributed by atoms with Crippen molar-refractivity contribution in [1.29, 1.82) is 0 Å². The van der Waals surface area contributed by atoms with E-state index in [1.54, 1.807) is 13.0 Å². The summed E-state index contributed by atoms with van der Waals surface area (Å²) in [5, 5.41) is 9.33. The Morgan fingerprint density at radius 1 is 0.964 bits per heavy atom. The molecule has 0 saturated heterocycles. The molecule has 140 valence electrons. The van der Waals surface area contributed by atoms with Crippen molar-refractivity contribution in [2.75, 3.05) is 0 Å². The number of rotatable bonds is 6. The lowest BCUT2D eigenvalue weighted by molar-refractivity contribution is -0.117. The number of hydrogen-bond donors (Lipinski definition) is 0. The van der Waals surface area contributed by atoms with E-state index in [9.17, 15) is 9.59 Å². The number of hydrogen-bond acceptors (Lipinski definition) is 4. The second-order valence-corrected chi connectivity index (χ2v) is 6.71. The summed E-state index contributed by atoms with van der Waals surface area (Å²) in [4.78, 5) is 23.4. The average Bonchev–Trinajstić information content (AvgIpc) is 3.09. The van der Waals surface area contributed by atoms with Gasteiger partial charge in [-0.3, -0.25) is 4.79 Å². The van der Waals surface area contributed by atoms with Gasteiger partial charge in [-0.25, -0.2) is 9.20 Å². The van der Waals surface area contributed by atoms with Gasteiger partial charge in [0.05, 0.1) is 16.8 Å². The second kappa shape index (κ2) is 7.60. The number of nitrogens with zero attached hydrogens (tertiary/aromatic N) is 4. The molecule has 6 heteroatoms. The quantitative estimate of drug-likeness (QED) is 0.519. The fraction of sp³-hybridized carbons (Fsp3) is 0.182. The molecule has 0 saturated carbocycles. The Bertz CT molecular complexity index is 1190. The zero-order valence-corrected chi connectivity index (χ0v) is 15.6. The Labute approximate surface area is 162 Å². The van der Waals surface area contributed by atoms with Crippen molar-refractivity contribution in [3.63, 3.8) is 0 Å². The van der Waals surface area contributed by atoms with Crippen LogP contribution in [0.25, 0.3) is 28.0 Å². The number of fused-ring (bicyclic) bond motifs is 1. The van der Waals surface area contributed by atoms with Crippen LogP contribution in [0.5, 0.6) is 0 Å². The van der Waals surface area contributed by atoms with Crippen LogP contribution in [0.2, 0.25) is 0 Å². The van der Waals surface area contributed by atoms with Crippen LogP contribution in [-0.2, 0) is 11.3 Å². The van der Waals surface area contributed by atoms with Crippen LogP contribution in [0.15, 0.2) is 71.7 Å². The summed E-state index contributed by atoms with van der Waals surface area (Å²) >= 11 is 0. The Morgan fingerprint density at radius 3 is 2.54 bits per heavy atom. The molecule has 4 rings (SSSR count). The summed E-state index contributed by atoms with van der Waals surface area (Å²) in [6.45, 7) is 1.96. The van der Waals surface area contributed by atoms with Gasteiger partial charge in [-0.1, -0.05) is 36.4 Å². The van der Waals surface area contributed by atoms with Crippen molar-refractivity contribution in [1.82, 2.24) is 19.4 Å². The van der Waals surface area contributed by atoms with Crippen molar-refractivity contribution >= 4 is 11.3 Å². The van der Waals surface area contributed by atoms with E-state index in [1.165, 1.54) is 10.7 Å². The number of aromatic nitrogens is 4. The molecule has 1 aromatic carbocycles. The Balaban J connectivity index is 1.85. The van der Waals surface area contributed by atoms with E-state index in [2.05, 4.69) is 5.10 Å². The fourth-order valence-corrected chi connectivity index (χ4v) is 3.27. The lowest BCUT2D eigenvalue weighted by Gasteiger charge is -2.08. The molecule has 28 heavy (non-hydrogen) atoms. The molecular weight excluding hydrogens is 352 g/mol. The zero-order valence-electron chi connectivity index (χ0n) is 15.6. The predicted molar refractivity (Wildman–Crippen MR) is 108 cm³/mol. The molecule has 0 amide bonds. The number of carbonyl (C=O) groups excluding carboxylic acids is 1. The molecule has 0 N–H and O–H groups in total. The highest BCUT2D eigenvalue weighted by Gasteiger charge is 2.18. The summed E-state index contributed by atoms with van der Waals surface area (Å²) in [6.07, 6.45) is 2.92. The molecule has 6 nitrogen and oxygen atoms in total. The van der Waals surface area contributed by atoms with E-state index in [1.807, 2.05) is 59.2 Å². The summed E-state index contributed by atoms with van der Waals surface area (Å²) in [6, 6.07) is 19.1. The molecule has 3 heterocycles. The maximum atomic E-state index is 12.2. The maximum Gasteiger partial charge on any atom is 0.266 e. The molecule has 0 aliphatic carbocycles. The normalized spacial score (nSPS) is 11.0. The smallest absolute Gasteiger partial charge is 0.266 e. The van der Waals surface area contributed by atoms with Gasteiger partial charge in [0.25, 0.3) is 5.56 Å². The number of pyridine rings is 1. The lowest BCUT2D eigenvalue weighted by atomic mass is 10.0. The molecule has 0 spiro atoms. The molecule has 3 aromatic heterocycles. The van der Waals surface area contributed by atoms with Gasteiger partial charge in [0.2, 0.25) is 0 Å². The third-order valence-corrected chi connectivity index (χ3v) is 4.61. The van der Waals surface area contributed by atoms with Gasteiger partial charge < -0.3 is 4.79 Å². The lowest BCUT2D eigenvalue weighted by Crippen LogP contribution is -2.22. The Morgan fingerprint density at radius 2 is 1.75 bits per heavy atom. The van der Waals surface area contributed by atoms with Gasteiger partial charge in [0.1, 0.15) is 11.5 Å². The van der Waals surface area contributed by atoms with Crippen molar-refractivity contribution in [2.45, 2.75) is 26.3 Å². The first kappa shape index (κ1) is 17.9. The third-order valence-electron chi connectivity index (χ3n) is 4.61. The van der Waals surface area contributed by atoms with Crippen LogP contribution >= 0.6 is 0 Å². The largest absolute Gasteiger partial charge is 0.300 e. The minimum absolute atomic E-state index is 0.109. The molecule has 0 radical (unpaired) electrons. The second-order valence-electron chi connectivity index (χ2n) is 6.71. The number of carbonyl (C=O) groups is 1. The molecule has 0 fully saturated rings. The molecule has 0 atom stereocenters. The van der Waals surface area contributed by atoms with E-state index in [4.69, 9.17) is 5.10 Å². The summed E-state index contributed by atoms with van der Waals surface area (Å²) < 4.78 is 3.25. The minimum atomic E-state index is -0.176. The van der Waals surface area contributed by atoms with E-state index in [0.717, 1.165) is 22.3 Å². The monoisotopic (exact) mass is 372 g/mol. The van der Waals surface area contributed by atoms with Gasteiger partial charge in [-0.15, -0.1) is 0 Å². The highest BCUT2D eigenvalue weighted by atomic mass is 16.1. The minimum Gasteiger partial charge on any atom is -0.300 e. The fourth-order valence-electron chi connectivity index (χ4n) is 3.27. The SMILES string of the molecule is CC(=O)CCCn1nc(-c2c(-c3ccccc3)nn3ccccc23)ccc1=O. The number of benzene rings is 1. The first-order valence-electron chi connectivity index (χ1n) is 9.24. The predicted octanol–water partition coefficient (Wildman–Crippen LogP) is 3.59. The summed E-state index contributed by atoms with van der Waals surface area (Å²) in [7, 11) is 0.